The van der Waals surface area contributed by atoms with Gasteiger partial charge in [0, 0.05) is 5.39 Å². The maximum absolute atomic E-state index is 12.1. The van der Waals surface area contributed by atoms with Gasteiger partial charge in [-0.15, -0.1) is 5.11 Å². The Kier molecular flexibility index (Phi) is 6.14. The molecule has 0 aliphatic rings. The summed E-state index contributed by atoms with van der Waals surface area (Å²) < 4.78 is 67.0. The van der Waals surface area contributed by atoms with Crippen LogP contribution in [0.25, 0.3) is 10.8 Å². The van der Waals surface area contributed by atoms with E-state index in [0.717, 1.165) is 18.2 Å². The van der Waals surface area contributed by atoms with Crippen molar-refractivity contribution >= 4 is 54.0 Å². The fourth-order valence-electron chi connectivity index (χ4n) is 3.18. The Hall–Kier alpha value is -4.45. The fourth-order valence-corrected chi connectivity index (χ4v) is 4.38. The smallest absolute Gasteiger partial charge is 0.352 e. The highest BCUT2D eigenvalue weighted by Crippen LogP contribution is 2.45. The number of benzene rings is 3. The van der Waals surface area contributed by atoms with E-state index in [2.05, 4.69) is 25.5 Å². The molecule has 0 aliphatic carbocycles. The number of aromatic nitrogens is 3. The first-order chi connectivity index (χ1) is 16.8. The molecule has 3 aromatic carbocycles. The highest BCUT2D eigenvalue weighted by Gasteiger charge is 2.25. The molecule has 0 spiro atoms. The minimum atomic E-state index is -5.03. The van der Waals surface area contributed by atoms with Crippen molar-refractivity contribution in [2.45, 2.75) is 9.79 Å². The number of phenolic OH excluding ortho intramolecular Hbond substituents is 1. The lowest BCUT2D eigenvalue weighted by Gasteiger charge is -2.14. The first-order valence-corrected chi connectivity index (χ1v) is 12.4. The zero-order valence-electron chi connectivity index (χ0n) is 17.6. The predicted molar refractivity (Wildman–Crippen MR) is 125 cm³/mol. The van der Waals surface area contributed by atoms with Gasteiger partial charge in [-0.1, -0.05) is 18.2 Å². The van der Waals surface area contributed by atoms with Crippen LogP contribution in [0.5, 0.6) is 5.75 Å². The van der Waals surface area contributed by atoms with Gasteiger partial charge in [-0.25, -0.2) is 9.59 Å². The number of fused-ring (bicyclic) bond motifs is 1. The summed E-state index contributed by atoms with van der Waals surface area (Å²) in [4.78, 5) is 28.9. The maximum atomic E-state index is 12.1. The van der Waals surface area contributed by atoms with Gasteiger partial charge in [0.15, 0.2) is 5.75 Å². The monoisotopic (exact) mass is 534 g/mol. The summed E-state index contributed by atoms with van der Waals surface area (Å²) >= 11 is 0. The normalized spacial score (nSPS) is 12.3. The van der Waals surface area contributed by atoms with E-state index in [1.807, 2.05) is 4.98 Å². The predicted octanol–water partition coefficient (Wildman–Crippen LogP) is 1.97. The van der Waals surface area contributed by atoms with Gasteiger partial charge in [-0.05, 0) is 35.7 Å². The van der Waals surface area contributed by atoms with Gasteiger partial charge in [-0.2, -0.15) is 26.9 Å². The summed E-state index contributed by atoms with van der Waals surface area (Å²) in [6, 6.07) is 10.4. The summed E-state index contributed by atoms with van der Waals surface area (Å²) in [5, 5.41) is 20.4. The molecule has 0 radical (unpaired) electrons. The van der Waals surface area contributed by atoms with Crippen LogP contribution in [0.4, 0.5) is 23.0 Å². The van der Waals surface area contributed by atoms with E-state index in [-0.39, 0.29) is 22.1 Å². The molecule has 0 atom stereocenters. The molecule has 0 bridgehead atoms. The average molecular weight is 534 g/mol. The lowest BCUT2D eigenvalue weighted by atomic mass is 10.1. The van der Waals surface area contributed by atoms with Crippen LogP contribution in [0.2, 0.25) is 0 Å². The molecule has 1 heterocycles. The first kappa shape index (κ1) is 24.7. The molecule has 4 rings (SSSR count). The number of aromatic amines is 2. The topological polar surface area (TPSA) is 244 Å². The van der Waals surface area contributed by atoms with Gasteiger partial charge in [0.05, 0.1) is 16.3 Å². The third-order valence-corrected chi connectivity index (χ3v) is 6.34. The number of hydrogen-bond donors (Lipinski definition) is 6. The van der Waals surface area contributed by atoms with Gasteiger partial charge in [0.2, 0.25) is 5.95 Å². The van der Waals surface area contributed by atoms with Crippen molar-refractivity contribution in [2.24, 2.45) is 10.2 Å². The van der Waals surface area contributed by atoms with E-state index < -0.39 is 58.8 Å². The number of azo groups is 1. The Balaban J connectivity index is 2.06. The fraction of sp³-hybridized carbons (Fsp3) is 0. The molecule has 0 unspecified atom stereocenters. The molecule has 17 heteroatoms. The van der Waals surface area contributed by atoms with E-state index >= 15 is 0 Å². The Morgan fingerprint density at radius 3 is 2.19 bits per heavy atom. The number of nitrogens with one attached hydrogen (secondary N) is 3. The Morgan fingerprint density at radius 1 is 0.889 bits per heavy atom. The second kappa shape index (κ2) is 8.96. The van der Waals surface area contributed by atoms with E-state index in [9.17, 15) is 40.6 Å². The molecular weight excluding hydrogens is 520 g/mol. The van der Waals surface area contributed by atoms with Crippen LogP contribution in [0.3, 0.4) is 0 Å². The number of nitrogens with zero attached hydrogens (tertiary/aromatic N) is 3. The van der Waals surface area contributed by atoms with Gasteiger partial charge in [0.25, 0.3) is 20.2 Å². The van der Waals surface area contributed by atoms with Crippen molar-refractivity contribution in [2.75, 3.05) is 5.32 Å². The summed E-state index contributed by atoms with van der Waals surface area (Å²) in [5.41, 5.74) is -2.81. The van der Waals surface area contributed by atoms with Gasteiger partial charge in [-0.3, -0.25) is 19.1 Å². The quantitative estimate of drug-likeness (QED) is 0.154. The molecule has 0 fully saturated rings. The van der Waals surface area contributed by atoms with E-state index in [1.165, 1.54) is 12.1 Å². The van der Waals surface area contributed by atoms with Crippen molar-refractivity contribution in [3.63, 3.8) is 0 Å². The van der Waals surface area contributed by atoms with Crippen molar-refractivity contribution in [1.82, 2.24) is 15.0 Å². The number of anilines is 2. The first-order valence-electron chi connectivity index (χ1n) is 9.56. The molecule has 186 valence electrons. The van der Waals surface area contributed by atoms with Gasteiger partial charge in [0.1, 0.15) is 10.6 Å². The molecule has 0 aliphatic heterocycles. The van der Waals surface area contributed by atoms with Crippen LogP contribution in [-0.2, 0) is 20.2 Å². The van der Waals surface area contributed by atoms with E-state index in [4.69, 9.17) is 0 Å². The van der Waals surface area contributed by atoms with Crippen molar-refractivity contribution in [3.05, 3.63) is 69.5 Å². The molecule has 6 N–H and O–H groups in total. The van der Waals surface area contributed by atoms with Crippen LogP contribution in [0.1, 0.15) is 0 Å². The highest BCUT2D eigenvalue weighted by atomic mass is 32.2. The lowest BCUT2D eigenvalue weighted by molar-refractivity contribution is 0.472. The van der Waals surface area contributed by atoms with Gasteiger partial charge < -0.3 is 10.4 Å². The number of aromatic hydroxyl groups is 1. The SMILES string of the molecule is O=c1nc(Nc2cc(S(=O)(=O)O)cc3cc(S(=O)(=O)O)c(N=Nc4ccccc4)c(O)c23)[nH]c(=O)[nH]1. The van der Waals surface area contributed by atoms with Gasteiger partial charge >= 0.3 is 11.4 Å². The summed E-state index contributed by atoms with van der Waals surface area (Å²) in [7, 11) is -9.91. The zero-order valence-corrected chi connectivity index (χ0v) is 19.2. The van der Waals surface area contributed by atoms with Crippen molar-refractivity contribution in [3.8, 4) is 5.75 Å². The molecule has 15 nitrogen and oxygen atoms in total. The van der Waals surface area contributed by atoms with Crippen LogP contribution in [0.15, 0.2) is 78.1 Å². The summed E-state index contributed by atoms with van der Waals surface area (Å²) in [5.74, 6) is -1.36. The van der Waals surface area contributed by atoms with Crippen LogP contribution >= 0.6 is 0 Å². The third-order valence-electron chi connectivity index (χ3n) is 4.64. The number of hydrogen-bond acceptors (Lipinski definition) is 11. The minimum Gasteiger partial charge on any atom is -0.505 e. The molecule has 1 aromatic heterocycles. The molecule has 36 heavy (non-hydrogen) atoms. The van der Waals surface area contributed by atoms with Crippen molar-refractivity contribution in [1.29, 1.82) is 0 Å². The lowest BCUT2D eigenvalue weighted by Crippen LogP contribution is -2.25. The Morgan fingerprint density at radius 2 is 1.58 bits per heavy atom. The average Bonchev–Trinajstić information content (AvgIpc) is 2.76. The molecule has 0 saturated carbocycles. The van der Waals surface area contributed by atoms with E-state index in [1.54, 1.807) is 18.2 Å². The number of rotatable bonds is 6. The second-order valence-electron chi connectivity index (χ2n) is 7.10. The maximum Gasteiger partial charge on any atom is 0.352 e. The largest absolute Gasteiger partial charge is 0.505 e. The Bertz CT molecular complexity index is 1840. The summed E-state index contributed by atoms with van der Waals surface area (Å²) in [6.07, 6.45) is 0. The standard InChI is InChI=1S/C19H14N6O9S2/c26-16-14-9(7-13(36(32,33)34)15(16)25-24-10-4-2-1-3-5-10)6-11(35(29,30)31)8-12(14)20-17-21-18(27)23-19(28)22-17/h1-8,26H,(H,29,30,31)(H,32,33,34)(H3,20,21,22,23,27,28). The van der Waals surface area contributed by atoms with Crippen LogP contribution in [0, 0.1) is 0 Å². The minimum absolute atomic E-state index is 0.267. The molecular formula is C19H14N6O9S2. The molecule has 0 saturated heterocycles. The number of phenols is 1. The number of H-pyrrole nitrogens is 2. The third kappa shape index (κ3) is 5.13. The molecule has 0 amide bonds. The second-order valence-corrected chi connectivity index (χ2v) is 9.91. The van der Waals surface area contributed by atoms with Crippen molar-refractivity contribution < 1.29 is 31.0 Å². The van der Waals surface area contributed by atoms with Crippen LogP contribution in [-0.4, -0.2) is 46.0 Å². The summed E-state index contributed by atoms with van der Waals surface area (Å²) in [6.45, 7) is 0. The Labute approximate surface area is 200 Å². The zero-order chi connectivity index (χ0) is 26.3. The van der Waals surface area contributed by atoms with E-state index in [0.29, 0.717) is 0 Å². The van der Waals surface area contributed by atoms with Crippen LogP contribution < -0.4 is 16.7 Å². The molecule has 4 aromatic rings. The highest BCUT2D eigenvalue weighted by molar-refractivity contribution is 7.86.